The lowest BCUT2D eigenvalue weighted by Gasteiger charge is -2.35. The fraction of sp³-hybridized carbons (Fsp3) is 0.571. The summed E-state index contributed by atoms with van der Waals surface area (Å²) in [6, 6.07) is 3.29. The smallest absolute Gasteiger partial charge is 0.238 e. The van der Waals surface area contributed by atoms with Crippen molar-refractivity contribution in [2.75, 3.05) is 23.7 Å². The average Bonchev–Trinajstić information content (AvgIpc) is 2.40. The molecule has 1 fully saturated rings. The van der Waals surface area contributed by atoms with Crippen LogP contribution in [0, 0.1) is 12.8 Å². The highest BCUT2D eigenvalue weighted by Gasteiger charge is 2.23. The van der Waals surface area contributed by atoms with Crippen LogP contribution < -0.4 is 15.8 Å². The molecule has 0 aliphatic carbocycles. The second-order valence-electron chi connectivity index (χ2n) is 5.57. The Morgan fingerprint density at radius 2 is 2.10 bits per heavy atom. The zero-order valence-electron chi connectivity index (χ0n) is 12.1. The van der Waals surface area contributed by atoms with Gasteiger partial charge in [-0.3, -0.25) is 0 Å². The summed E-state index contributed by atoms with van der Waals surface area (Å²) in [6.45, 7) is 5.87. The molecule has 1 aliphatic heterocycles. The molecule has 1 unspecified atom stereocenters. The monoisotopic (exact) mass is 297 g/mol. The standard InChI is InChI=1S/C14H23N3O2S/c1-3-11-5-4-6-17(9-11)13-7-12(15)8-14(10(13)2)20(16,18)19/h7-8,11H,3-6,9,15H2,1-2H3,(H2,16,18,19). The third kappa shape index (κ3) is 3.07. The fourth-order valence-corrected chi connectivity index (χ4v) is 3.77. The van der Waals surface area contributed by atoms with E-state index in [9.17, 15) is 8.42 Å². The average molecular weight is 297 g/mol. The molecule has 1 aromatic carbocycles. The van der Waals surface area contributed by atoms with Gasteiger partial charge in [0.1, 0.15) is 0 Å². The Morgan fingerprint density at radius 1 is 1.40 bits per heavy atom. The molecule has 0 aromatic heterocycles. The van der Waals surface area contributed by atoms with Gasteiger partial charge in [0.2, 0.25) is 10.0 Å². The zero-order chi connectivity index (χ0) is 14.9. The Morgan fingerprint density at radius 3 is 2.70 bits per heavy atom. The summed E-state index contributed by atoms with van der Waals surface area (Å²) in [5.74, 6) is 0.655. The maximum atomic E-state index is 11.7. The van der Waals surface area contributed by atoms with Crippen LogP contribution in [-0.2, 0) is 10.0 Å². The minimum atomic E-state index is -3.74. The Bertz CT molecular complexity index is 599. The lowest BCUT2D eigenvalue weighted by molar-refractivity contribution is 0.404. The SMILES string of the molecule is CCC1CCCN(c2cc(N)cc(S(N)(=O)=O)c2C)C1. The number of anilines is 2. The van der Waals surface area contributed by atoms with Crippen molar-refractivity contribution in [3.8, 4) is 0 Å². The molecule has 1 atom stereocenters. The Labute approximate surface area is 121 Å². The van der Waals surface area contributed by atoms with Crippen LogP contribution in [0.4, 0.5) is 11.4 Å². The Kier molecular flexibility index (Phi) is 4.25. The number of primary sulfonamides is 1. The van der Waals surface area contributed by atoms with Gasteiger partial charge in [-0.2, -0.15) is 0 Å². The van der Waals surface area contributed by atoms with Crippen molar-refractivity contribution >= 4 is 21.4 Å². The summed E-state index contributed by atoms with van der Waals surface area (Å²) in [5, 5.41) is 5.28. The molecule has 4 N–H and O–H groups in total. The van der Waals surface area contributed by atoms with Gasteiger partial charge in [-0.05, 0) is 43.4 Å². The van der Waals surface area contributed by atoms with Crippen LogP contribution in [0.25, 0.3) is 0 Å². The number of rotatable bonds is 3. The number of hydrogen-bond donors (Lipinski definition) is 2. The minimum absolute atomic E-state index is 0.131. The molecule has 1 heterocycles. The minimum Gasteiger partial charge on any atom is -0.399 e. The maximum absolute atomic E-state index is 11.7. The van der Waals surface area contributed by atoms with Crippen LogP contribution in [-0.4, -0.2) is 21.5 Å². The molecule has 0 spiro atoms. The first-order valence-corrected chi connectivity index (χ1v) is 8.55. The normalized spacial score (nSPS) is 20.1. The number of benzene rings is 1. The number of nitrogens with two attached hydrogens (primary N) is 2. The van der Waals surface area contributed by atoms with Crippen LogP contribution in [0.2, 0.25) is 0 Å². The topological polar surface area (TPSA) is 89.4 Å². The highest BCUT2D eigenvalue weighted by Crippen LogP contribution is 2.32. The summed E-state index contributed by atoms with van der Waals surface area (Å²) in [4.78, 5) is 2.36. The third-order valence-electron chi connectivity index (χ3n) is 4.10. The number of nitrogen functional groups attached to an aromatic ring is 1. The van der Waals surface area contributed by atoms with Gasteiger partial charge in [-0.1, -0.05) is 13.3 Å². The number of hydrogen-bond acceptors (Lipinski definition) is 4. The molecule has 0 amide bonds. The highest BCUT2D eigenvalue weighted by molar-refractivity contribution is 7.89. The summed E-state index contributed by atoms with van der Waals surface area (Å²) < 4.78 is 23.3. The van der Waals surface area contributed by atoms with Crippen LogP contribution in [0.3, 0.4) is 0 Å². The molecule has 0 saturated carbocycles. The molecule has 1 aromatic rings. The number of piperidine rings is 1. The second kappa shape index (κ2) is 5.61. The third-order valence-corrected chi connectivity index (χ3v) is 5.14. The Balaban J connectivity index is 2.44. The first-order valence-electron chi connectivity index (χ1n) is 7.00. The first kappa shape index (κ1) is 15.1. The molecule has 2 rings (SSSR count). The van der Waals surface area contributed by atoms with Crippen LogP contribution in [0.5, 0.6) is 0 Å². The van der Waals surface area contributed by atoms with Crippen molar-refractivity contribution in [2.24, 2.45) is 11.1 Å². The lowest BCUT2D eigenvalue weighted by Crippen LogP contribution is -2.36. The molecule has 0 radical (unpaired) electrons. The van der Waals surface area contributed by atoms with Gasteiger partial charge in [0.05, 0.1) is 4.90 Å². The molecule has 1 saturated heterocycles. The molecule has 1 aliphatic rings. The van der Waals surface area contributed by atoms with E-state index in [2.05, 4.69) is 11.8 Å². The molecular weight excluding hydrogens is 274 g/mol. The van der Waals surface area contributed by atoms with E-state index in [0.29, 0.717) is 17.2 Å². The zero-order valence-corrected chi connectivity index (χ0v) is 12.9. The number of sulfonamides is 1. The van der Waals surface area contributed by atoms with E-state index in [-0.39, 0.29) is 4.90 Å². The summed E-state index contributed by atoms with van der Waals surface area (Å²) in [5.41, 5.74) is 7.88. The van der Waals surface area contributed by atoms with Gasteiger partial charge < -0.3 is 10.6 Å². The molecule has 6 heteroatoms. The molecule has 20 heavy (non-hydrogen) atoms. The largest absolute Gasteiger partial charge is 0.399 e. The van der Waals surface area contributed by atoms with E-state index in [0.717, 1.165) is 31.6 Å². The van der Waals surface area contributed by atoms with E-state index >= 15 is 0 Å². The maximum Gasteiger partial charge on any atom is 0.238 e. The van der Waals surface area contributed by atoms with E-state index in [1.807, 2.05) is 6.07 Å². The van der Waals surface area contributed by atoms with E-state index in [4.69, 9.17) is 10.9 Å². The van der Waals surface area contributed by atoms with Gasteiger partial charge in [0, 0.05) is 24.5 Å². The summed E-state index contributed by atoms with van der Waals surface area (Å²) >= 11 is 0. The van der Waals surface area contributed by atoms with Gasteiger partial charge in [-0.25, -0.2) is 13.6 Å². The van der Waals surface area contributed by atoms with Gasteiger partial charge in [0.15, 0.2) is 0 Å². The Hall–Kier alpha value is -1.27. The van der Waals surface area contributed by atoms with Crippen molar-refractivity contribution in [1.82, 2.24) is 0 Å². The second-order valence-corrected chi connectivity index (χ2v) is 7.10. The fourth-order valence-electron chi connectivity index (χ4n) is 2.93. The van der Waals surface area contributed by atoms with Crippen LogP contribution in [0.15, 0.2) is 17.0 Å². The predicted octanol–water partition coefficient (Wildman–Crippen LogP) is 1.85. The van der Waals surface area contributed by atoms with Crippen molar-refractivity contribution in [3.05, 3.63) is 17.7 Å². The van der Waals surface area contributed by atoms with Crippen LogP contribution >= 0.6 is 0 Å². The predicted molar refractivity (Wildman–Crippen MR) is 82.2 cm³/mol. The molecule has 0 bridgehead atoms. The number of nitrogens with zero attached hydrogens (tertiary/aromatic N) is 1. The first-order chi connectivity index (χ1) is 9.32. The van der Waals surface area contributed by atoms with E-state index in [1.165, 1.54) is 12.5 Å². The van der Waals surface area contributed by atoms with Gasteiger partial charge in [-0.15, -0.1) is 0 Å². The quantitative estimate of drug-likeness (QED) is 0.833. The van der Waals surface area contributed by atoms with Crippen molar-refractivity contribution in [1.29, 1.82) is 0 Å². The van der Waals surface area contributed by atoms with Crippen molar-refractivity contribution < 1.29 is 8.42 Å². The van der Waals surface area contributed by atoms with Gasteiger partial charge >= 0.3 is 0 Å². The summed E-state index contributed by atoms with van der Waals surface area (Å²) in [6.07, 6.45) is 3.49. The highest BCUT2D eigenvalue weighted by atomic mass is 32.2. The van der Waals surface area contributed by atoms with Crippen molar-refractivity contribution in [2.45, 2.75) is 38.0 Å². The van der Waals surface area contributed by atoms with Crippen LogP contribution in [0.1, 0.15) is 31.7 Å². The molecule has 112 valence electrons. The van der Waals surface area contributed by atoms with E-state index in [1.54, 1.807) is 6.92 Å². The molecular formula is C14H23N3O2S. The summed E-state index contributed by atoms with van der Waals surface area (Å²) in [7, 11) is -3.74. The lowest BCUT2D eigenvalue weighted by atomic mass is 9.95. The van der Waals surface area contributed by atoms with E-state index < -0.39 is 10.0 Å². The van der Waals surface area contributed by atoms with Crippen molar-refractivity contribution in [3.63, 3.8) is 0 Å². The van der Waals surface area contributed by atoms with Gasteiger partial charge in [0.25, 0.3) is 0 Å². The molecule has 5 nitrogen and oxygen atoms in total.